The van der Waals surface area contributed by atoms with Crippen molar-refractivity contribution in [3.05, 3.63) is 0 Å². The lowest BCUT2D eigenvalue weighted by atomic mass is 10.1. The lowest BCUT2D eigenvalue weighted by Crippen LogP contribution is -2.57. The highest BCUT2D eigenvalue weighted by Gasteiger charge is 2.29. The van der Waals surface area contributed by atoms with E-state index in [1.165, 1.54) is 0 Å². The van der Waals surface area contributed by atoms with Gasteiger partial charge in [0, 0.05) is 30.9 Å². The van der Waals surface area contributed by atoms with Crippen LogP contribution in [0.3, 0.4) is 0 Å². The fraction of sp³-hybridized carbons (Fsp3) is 0.565. The lowest BCUT2D eigenvalue weighted by molar-refractivity contribution is -0.141. The molecule has 0 bridgehead atoms. The molecule has 0 spiro atoms. The monoisotopic (exact) mass is 631 g/mol. The molecule has 4 atom stereocenters. The van der Waals surface area contributed by atoms with Crippen LogP contribution in [0.4, 0.5) is 0 Å². The second-order valence-electron chi connectivity index (χ2n) is 8.64. The number of hydrogen-bond acceptors (Lipinski definition) is 10. The summed E-state index contributed by atoms with van der Waals surface area (Å²) in [4.78, 5) is 85.2. The van der Waals surface area contributed by atoms with Gasteiger partial charge in [-0.2, -0.15) is 25.3 Å². The zero-order valence-corrected chi connectivity index (χ0v) is 24.4. The molecule has 6 amide bonds. The van der Waals surface area contributed by atoms with E-state index in [9.17, 15) is 33.6 Å². The summed E-state index contributed by atoms with van der Waals surface area (Å²) < 4.78 is 0. The standard InChI is InChI=1S/C23H37N9O8S2/c1-2-3-6-17(34)30-14(10-41)21(38)31-13(8-16(24)33)19(36)28-9-18(35)29-12(5-4-7-27-23(25)26)20(37)32-15(11-42)22(39)40/h1,12-15,41-42H,3-11H2,(H2,24,33)(H,28,36)(H,29,35)(H,30,34)(H,31,38)(H,32,37)(H,39,40)(H4,25,26,27)/t12-,13-,14-,15-/m0/s1. The van der Waals surface area contributed by atoms with E-state index in [-0.39, 0.29) is 49.7 Å². The Kier molecular flexibility index (Phi) is 18.6. The number of nitrogens with two attached hydrogens (primary N) is 2. The van der Waals surface area contributed by atoms with Crippen molar-refractivity contribution in [1.82, 2.24) is 31.9 Å². The highest BCUT2D eigenvalue weighted by Crippen LogP contribution is 2.01. The van der Waals surface area contributed by atoms with E-state index in [0.717, 1.165) is 0 Å². The van der Waals surface area contributed by atoms with Gasteiger partial charge < -0.3 is 48.5 Å². The third-order valence-electron chi connectivity index (χ3n) is 5.23. The number of amides is 6. The Bertz CT molecular complexity index is 1050. The molecule has 0 aliphatic heterocycles. The fourth-order valence-electron chi connectivity index (χ4n) is 3.12. The average molecular weight is 632 g/mol. The van der Waals surface area contributed by atoms with Crippen molar-refractivity contribution in [1.29, 1.82) is 5.41 Å². The van der Waals surface area contributed by atoms with Gasteiger partial charge in [0.25, 0.3) is 0 Å². The predicted molar refractivity (Wildman–Crippen MR) is 157 cm³/mol. The van der Waals surface area contributed by atoms with Crippen molar-refractivity contribution >= 4 is 72.6 Å². The van der Waals surface area contributed by atoms with Crippen molar-refractivity contribution in [3.8, 4) is 12.3 Å². The minimum absolute atomic E-state index is 0.00322. The number of aliphatic carboxylic acids is 1. The first-order chi connectivity index (χ1) is 19.7. The number of carboxylic acids is 1. The van der Waals surface area contributed by atoms with Gasteiger partial charge in [0.1, 0.15) is 24.2 Å². The van der Waals surface area contributed by atoms with Crippen molar-refractivity contribution in [2.75, 3.05) is 24.6 Å². The maximum absolute atomic E-state index is 12.7. The van der Waals surface area contributed by atoms with Crippen LogP contribution in [0.25, 0.3) is 0 Å². The topological polar surface area (TPSA) is 288 Å². The Balaban J connectivity index is 5.35. The Morgan fingerprint density at radius 3 is 1.90 bits per heavy atom. The summed E-state index contributed by atoms with van der Waals surface area (Å²) in [5, 5.41) is 30.4. The average Bonchev–Trinajstić information content (AvgIpc) is 2.92. The number of nitrogens with one attached hydrogen (secondary N) is 7. The molecule has 234 valence electrons. The summed E-state index contributed by atoms with van der Waals surface area (Å²) in [6, 6.07) is -5.26. The third-order valence-corrected chi connectivity index (χ3v) is 5.96. The first kappa shape index (κ1) is 37.8. The van der Waals surface area contributed by atoms with Crippen molar-refractivity contribution in [2.45, 2.75) is 56.3 Å². The molecule has 0 aliphatic rings. The van der Waals surface area contributed by atoms with Crippen LogP contribution in [-0.4, -0.2) is 101 Å². The molecule has 17 nitrogen and oxygen atoms in total. The van der Waals surface area contributed by atoms with Crippen molar-refractivity contribution in [2.24, 2.45) is 11.5 Å². The maximum atomic E-state index is 12.7. The lowest BCUT2D eigenvalue weighted by Gasteiger charge is -2.22. The minimum Gasteiger partial charge on any atom is -0.480 e. The van der Waals surface area contributed by atoms with Crippen molar-refractivity contribution in [3.63, 3.8) is 0 Å². The molecular formula is C23H37N9O8S2. The van der Waals surface area contributed by atoms with Crippen LogP contribution in [0.1, 0.15) is 32.1 Å². The van der Waals surface area contributed by atoms with Gasteiger partial charge in [-0.1, -0.05) is 0 Å². The third kappa shape index (κ3) is 16.2. The predicted octanol–water partition coefficient (Wildman–Crippen LogP) is -4.46. The van der Waals surface area contributed by atoms with Gasteiger partial charge >= 0.3 is 5.97 Å². The second-order valence-corrected chi connectivity index (χ2v) is 9.37. The molecular weight excluding hydrogens is 594 g/mol. The van der Waals surface area contributed by atoms with E-state index in [1.807, 2.05) is 0 Å². The molecule has 0 aromatic carbocycles. The number of thiol groups is 2. The van der Waals surface area contributed by atoms with E-state index in [2.05, 4.69) is 63.1 Å². The molecule has 0 saturated carbocycles. The zero-order chi connectivity index (χ0) is 32.2. The first-order valence-electron chi connectivity index (χ1n) is 12.5. The molecule has 0 aliphatic carbocycles. The highest BCUT2D eigenvalue weighted by molar-refractivity contribution is 7.80. The molecule has 0 radical (unpaired) electrons. The summed E-state index contributed by atoms with van der Waals surface area (Å²) in [5.41, 5.74) is 10.4. The van der Waals surface area contributed by atoms with Gasteiger partial charge in [0.05, 0.1) is 13.0 Å². The van der Waals surface area contributed by atoms with Crippen molar-refractivity contribution < 1.29 is 38.7 Å². The Labute approximate surface area is 253 Å². The normalized spacial score (nSPS) is 13.1. The second kappa shape index (κ2) is 20.7. The van der Waals surface area contributed by atoms with Crippen LogP contribution in [0.2, 0.25) is 0 Å². The quantitative estimate of drug-likeness (QED) is 0.0201. The van der Waals surface area contributed by atoms with E-state index < -0.39 is 78.5 Å². The van der Waals surface area contributed by atoms with Crippen LogP contribution in [0.5, 0.6) is 0 Å². The SMILES string of the molecule is C#CCCC(=O)N[C@@H](CS)C(=O)N[C@@H](CC(N)=O)C(=O)NCC(=O)N[C@@H](CCCNC(=N)N)C(=O)N[C@@H](CS)C(=O)O. The number of terminal acetylenes is 1. The summed E-state index contributed by atoms with van der Waals surface area (Å²) in [7, 11) is 0. The molecule has 0 unspecified atom stereocenters. The summed E-state index contributed by atoms with van der Waals surface area (Å²) >= 11 is 7.88. The number of rotatable bonds is 20. The molecule has 0 saturated heterocycles. The van der Waals surface area contributed by atoms with Crippen LogP contribution >= 0.6 is 25.3 Å². The molecule has 0 heterocycles. The number of carboxylic acid groups (broad SMARTS) is 1. The van der Waals surface area contributed by atoms with E-state index in [0.29, 0.717) is 0 Å². The van der Waals surface area contributed by atoms with Crippen LogP contribution in [0.15, 0.2) is 0 Å². The molecule has 0 fully saturated rings. The molecule has 42 heavy (non-hydrogen) atoms. The number of hydrogen-bond donors (Lipinski definition) is 12. The molecule has 19 heteroatoms. The minimum atomic E-state index is -1.52. The van der Waals surface area contributed by atoms with E-state index in [1.54, 1.807) is 0 Å². The van der Waals surface area contributed by atoms with Gasteiger partial charge in [0.15, 0.2) is 5.96 Å². The molecule has 0 rings (SSSR count). The van der Waals surface area contributed by atoms with E-state index >= 15 is 0 Å². The van der Waals surface area contributed by atoms with E-state index in [4.69, 9.17) is 28.4 Å². The van der Waals surface area contributed by atoms with Gasteiger partial charge in [0.2, 0.25) is 35.4 Å². The summed E-state index contributed by atoms with van der Waals surface area (Å²) in [6.07, 6.45) is 4.79. The number of primary amides is 1. The Hall–Kier alpha value is -4.18. The molecule has 0 aromatic heterocycles. The number of carbonyl (C=O) groups excluding carboxylic acids is 6. The largest absolute Gasteiger partial charge is 0.480 e. The maximum Gasteiger partial charge on any atom is 0.327 e. The highest BCUT2D eigenvalue weighted by atomic mass is 32.1. The fourth-order valence-corrected chi connectivity index (χ4v) is 3.63. The Morgan fingerprint density at radius 2 is 1.38 bits per heavy atom. The number of carbonyl (C=O) groups is 7. The summed E-state index contributed by atoms with van der Waals surface area (Å²) in [6.45, 7) is -0.528. The van der Waals surface area contributed by atoms with Gasteiger partial charge in [-0.3, -0.25) is 34.2 Å². The molecule has 12 N–H and O–H groups in total. The van der Waals surface area contributed by atoms with Gasteiger partial charge in [-0.15, -0.1) is 12.3 Å². The first-order valence-corrected chi connectivity index (χ1v) is 13.7. The molecule has 0 aromatic rings. The van der Waals surface area contributed by atoms with Gasteiger partial charge in [-0.05, 0) is 12.8 Å². The number of guanidine groups is 1. The zero-order valence-electron chi connectivity index (χ0n) is 22.6. The van der Waals surface area contributed by atoms with Crippen LogP contribution < -0.4 is 43.4 Å². The Morgan fingerprint density at radius 1 is 0.810 bits per heavy atom. The summed E-state index contributed by atoms with van der Waals surface area (Å²) in [5.74, 6) is -4.75. The van der Waals surface area contributed by atoms with Crippen LogP contribution in [-0.2, 0) is 33.6 Å². The van der Waals surface area contributed by atoms with Gasteiger partial charge in [-0.25, -0.2) is 4.79 Å². The smallest absolute Gasteiger partial charge is 0.327 e. The van der Waals surface area contributed by atoms with Crippen LogP contribution in [0, 0.1) is 17.8 Å².